The molecule has 4 rings (SSSR count). The van der Waals surface area contributed by atoms with Crippen LogP contribution in [0.1, 0.15) is 45.8 Å². The van der Waals surface area contributed by atoms with Gasteiger partial charge in [-0.05, 0) is 36.5 Å². The molecule has 2 heterocycles. The SMILES string of the molecule is Cc1nnc(C2CN(C(=O)c3cccc4c3CCC4)CCO2)o1. The molecule has 1 aromatic carbocycles. The van der Waals surface area contributed by atoms with Gasteiger partial charge >= 0.3 is 0 Å². The number of aryl methyl sites for hydroxylation is 2. The summed E-state index contributed by atoms with van der Waals surface area (Å²) in [5.41, 5.74) is 3.37. The van der Waals surface area contributed by atoms with Gasteiger partial charge < -0.3 is 14.1 Å². The van der Waals surface area contributed by atoms with E-state index in [1.165, 1.54) is 11.1 Å². The topological polar surface area (TPSA) is 68.5 Å². The Morgan fingerprint density at radius 2 is 2.22 bits per heavy atom. The second-order valence-electron chi connectivity index (χ2n) is 6.07. The van der Waals surface area contributed by atoms with E-state index >= 15 is 0 Å². The summed E-state index contributed by atoms with van der Waals surface area (Å²) in [5, 5.41) is 7.85. The number of carbonyl (C=O) groups is 1. The van der Waals surface area contributed by atoms with Crippen LogP contribution in [-0.2, 0) is 17.6 Å². The van der Waals surface area contributed by atoms with E-state index in [0.29, 0.717) is 31.5 Å². The van der Waals surface area contributed by atoms with Gasteiger partial charge in [0.2, 0.25) is 11.8 Å². The zero-order chi connectivity index (χ0) is 15.8. The summed E-state index contributed by atoms with van der Waals surface area (Å²) < 4.78 is 11.1. The summed E-state index contributed by atoms with van der Waals surface area (Å²) in [5.74, 6) is 1.03. The van der Waals surface area contributed by atoms with E-state index in [4.69, 9.17) is 9.15 Å². The third-order valence-corrected chi connectivity index (χ3v) is 4.55. The number of carbonyl (C=O) groups excluding carboxylic acids is 1. The summed E-state index contributed by atoms with van der Waals surface area (Å²) in [4.78, 5) is 14.8. The second kappa shape index (κ2) is 5.77. The van der Waals surface area contributed by atoms with E-state index in [9.17, 15) is 4.79 Å². The normalized spacial score (nSPS) is 20.6. The summed E-state index contributed by atoms with van der Waals surface area (Å²) in [7, 11) is 0. The van der Waals surface area contributed by atoms with E-state index in [0.717, 1.165) is 24.8 Å². The molecule has 1 aliphatic heterocycles. The number of aromatic nitrogens is 2. The van der Waals surface area contributed by atoms with Crippen LogP contribution in [0.3, 0.4) is 0 Å². The molecule has 0 saturated carbocycles. The molecular weight excluding hydrogens is 294 g/mol. The maximum atomic E-state index is 12.9. The molecule has 120 valence electrons. The molecule has 1 aromatic heterocycles. The van der Waals surface area contributed by atoms with Gasteiger partial charge in [-0.15, -0.1) is 10.2 Å². The third-order valence-electron chi connectivity index (χ3n) is 4.55. The van der Waals surface area contributed by atoms with Crippen LogP contribution in [0.2, 0.25) is 0 Å². The Labute approximate surface area is 134 Å². The van der Waals surface area contributed by atoms with E-state index in [-0.39, 0.29) is 12.0 Å². The molecule has 1 saturated heterocycles. The average molecular weight is 313 g/mol. The lowest BCUT2D eigenvalue weighted by molar-refractivity contribution is -0.0349. The fourth-order valence-electron chi connectivity index (χ4n) is 3.42. The van der Waals surface area contributed by atoms with Crippen molar-refractivity contribution in [2.24, 2.45) is 0 Å². The quantitative estimate of drug-likeness (QED) is 0.849. The first-order valence-electron chi connectivity index (χ1n) is 8.04. The molecule has 2 aliphatic rings. The molecule has 1 aliphatic carbocycles. The molecule has 6 nitrogen and oxygen atoms in total. The highest BCUT2D eigenvalue weighted by Crippen LogP contribution is 2.28. The van der Waals surface area contributed by atoms with Crippen LogP contribution >= 0.6 is 0 Å². The average Bonchev–Trinajstić information content (AvgIpc) is 3.22. The molecule has 1 fully saturated rings. The molecule has 0 bridgehead atoms. The molecular formula is C17H19N3O3. The number of hydrogen-bond acceptors (Lipinski definition) is 5. The monoisotopic (exact) mass is 313 g/mol. The number of hydrogen-bond donors (Lipinski definition) is 0. The van der Waals surface area contributed by atoms with Gasteiger partial charge in [0.05, 0.1) is 13.2 Å². The number of benzene rings is 1. The van der Waals surface area contributed by atoms with Gasteiger partial charge in [0.25, 0.3) is 5.91 Å². The van der Waals surface area contributed by atoms with Crippen molar-refractivity contribution in [2.45, 2.75) is 32.3 Å². The fraction of sp³-hybridized carbons (Fsp3) is 0.471. The largest absolute Gasteiger partial charge is 0.423 e. The van der Waals surface area contributed by atoms with Crippen molar-refractivity contribution in [3.05, 3.63) is 46.7 Å². The highest BCUT2D eigenvalue weighted by atomic mass is 16.5. The van der Waals surface area contributed by atoms with Crippen LogP contribution in [0.4, 0.5) is 0 Å². The van der Waals surface area contributed by atoms with Gasteiger partial charge in [0.1, 0.15) is 0 Å². The molecule has 0 radical (unpaired) electrons. The van der Waals surface area contributed by atoms with Crippen molar-refractivity contribution in [2.75, 3.05) is 19.7 Å². The summed E-state index contributed by atoms with van der Waals surface area (Å²) in [6, 6.07) is 6.05. The van der Waals surface area contributed by atoms with Crippen molar-refractivity contribution in [1.82, 2.24) is 15.1 Å². The Bertz CT molecular complexity index is 740. The first kappa shape index (κ1) is 14.4. The van der Waals surface area contributed by atoms with Crippen LogP contribution in [-0.4, -0.2) is 40.7 Å². The Kier molecular flexibility index (Phi) is 3.61. The van der Waals surface area contributed by atoms with Gasteiger partial charge in [0.15, 0.2) is 6.10 Å². The van der Waals surface area contributed by atoms with E-state index < -0.39 is 0 Å². The Balaban J connectivity index is 1.56. The summed E-state index contributed by atoms with van der Waals surface area (Å²) in [6.07, 6.45) is 2.86. The third kappa shape index (κ3) is 2.63. The van der Waals surface area contributed by atoms with E-state index in [2.05, 4.69) is 16.3 Å². The molecule has 1 unspecified atom stereocenters. The lowest BCUT2D eigenvalue weighted by Crippen LogP contribution is -2.42. The molecule has 1 amide bonds. The number of fused-ring (bicyclic) bond motifs is 1. The van der Waals surface area contributed by atoms with Gasteiger partial charge in [0, 0.05) is 19.0 Å². The van der Waals surface area contributed by atoms with Crippen molar-refractivity contribution in [3.63, 3.8) is 0 Å². The fourth-order valence-corrected chi connectivity index (χ4v) is 3.42. The van der Waals surface area contributed by atoms with Crippen LogP contribution in [0, 0.1) is 6.92 Å². The minimum Gasteiger partial charge on any atom is -0.423 e. The first-order valence-corrected chi connectivity index (χ1v) is 8.04. The maximum Gasteiger partial charge on any atom is 0.254 e. The minimum absolute atomic E-state index is 0.0771. The number of nitrogens with zero attached hydrogens (tertiary/aromatic N) is 3. The standard InChI is InChI=1S/C17H19N3O3/c1-11-18-19-16(23-11)15-10-20(8-9-22-15)17(21)14-7-3-5-12-4-2-6-13(12)14/h3,5,7,15H,2,4,6,8-10H2,1H3. The van der Waals surface area contributed by atoms with Crippen molar-refractivity contribution >= 4 is 5.91 Å². The highest BCUT2D eigenvalue weighted by Gasteiger charge is 2.31. The first-order chi connectivity index (χ1) is 11.2. The number of rotatable bonds is 2. The van der Waals surface area contributed by atoms with Crippen LogP contribution in [0.15, 0.2) is 22.6 Å². The molecule has 0 spiro atoms. The lowest BCUT2D eigenvalue weighted by Gasteiger charge is -2.31. The zero-order valence-electron chi connectivity index (χ0n) is 13.1. The van der Waals surface area contributed by atoms with Gasteiger partial charge in [-0.1, -0.05) is 12.1 Å². The number of amides is 1. The molecule has 6 heteroatoms. The Hall–Kier alpha value is -2.21. The smallest absolute Gasteiger partial charge is 0.254 e. The lowest BCUT2D eigenvalue weighted by atomic mass is 10.0. The van der Waals surface area contributed by atoms with Gasteiger partial charge in [-0.25, -0.2) is 0 Å². The molecule has 2 aromatic rings. The van der Waals surface area contributed by atoms with E-state index in [1.54, 1.807) is 6.92 Å². The van der Waals surface area contributed by atoms with Crippen LogP contribution in [0.5, 0.6) is 0 Å². The number of ether oxygens (including phenoxy) is 1. The predicted octanol–water partition coefficient (Wildman–Crippen LogP) is 2.08. The summed E-state index contributed by atoms with van der Waals surface area (Å²) >= 11 is 0. The van der Waals surface area contributed by atoms with Crippen molar-refractivity contribution in [3.8, 4) is 0 Å². The van der Waals surface area contributed by atoms with Crippen molar-refractivity contribution in [1.29, 1.82) is 0 Å². The molecule has 0 N–H and O–H groups in total. The second-order valence-corrected chi connectivity index (χ2v) is 6.07. The Morgan fingerprint density at radius 1 is 1.30 bits per heavy atom. The molecule has 1 atom stereocenters. The predicted molar refractivity (Wildman–Crippen MR) is 82.1 cm³/mol. The number of morpholine rings is 1. The summed E-state index contributed by atoms with van der Waals surface area (Å²) in [6.45, 7) is 3.26. The molecule has 23 heavy (non-hydrogen) atoms. The Morgan fingerprint density at radius 3 is 3.04 bits per heavy atom. The van der Waals surface area contributed by atoms with Crippen LogP contribution in [0.25, 0.3) is 0 Å². The van der Waals surface area contributed by atoms with Crippen molar-refractivity contribution < 1.29 is 13.9 Å². The van der Waals surface area contributed by atoms with Gasteiger partial charge in [-0.2, -0.15) is 0 Å². The zero-order valence-corrected chi connectivity index (χ0v) is 13.1. The maximum absolute atomic E-state index is 12.9. The van der Waals surface area contributed by atoms with E-state index in [1.807, 2.05) is 17.0 Å². The van der Waals surface area contributed by atoms with Gasteiger partial charge in [-0.3, -0.25) is 4.79 Å². The van der Waals surface area contributed by atoms with Crippen LogP contribution < -0.4 is 0 Å². The minimum atomic E-state index is -0.342. The highest BCUT2D eigenvalue weighted by molar-refractivity contribution is 5.96.